The van der Waals surface area contributed by atoms with Crippen LogP contribution in [0.25, 0.3) is 0 Å². The van der Waals surface area contributed by atoms with Crippen LogP contribution >= 0.6 is 0 Å². The molecule has 4 heteroatoms. The van der Waals surface area contributed by atoms with Gasteiger partial charge in [0.05, 0.1) is 22.8 Å². The number of benzene rings is 1. The number of aldehydes is 1. The maximum Gasteiger partial charge on any atom is 0.151 e. The zero-order valence-electron chi connectivity index (χ0n) is 9.94. The second-order valence-corrected chi connectivity index (χ2v) is 6.55. The average molecular weight is 240 g/mol. The Balaban J connectivity index is 3.40. The topological polar surface area (TPSA) is 43.4 Å². The summed E-state index contributed by atoms with van der Waals surface area (Å²) >= 11 is 0. The quantitative estimate of drug-likeness (QED) is 0.762. The number of hydrogen-bond donors (Lipinski definition) is 0. The van der Waals surface area contributed by atoms with Crippen LogP contribution in [0.1, 0.15) is 31.1 Å². The first kappa shape index (κ1) is 12.9. The summed E-state index contributed by atoms with van der Waals surface area (Å²) < 4.78 is 17.0. The molecule has 0 bridgehead atoms. The molecule has 0 aliphatic carbocycles. The summed E-state index contributed by atoms with van der Waals surface area (Å²) in [5, 5.41) is 0. The molecule has 88 valence electrons. The van der Waals surface area contributed by atoms with E-state index in [1.807, 2.05) is 20.8 Å². The van der Waals surface area contributed by atoms with E-state index in [9.17, 15) is 9.00 Å². The summed E-state index contributed by atoms with van der Waals surface area (Å²) in [7, 11) is 0.227. The highest BCUT2D eigenvalue weighted by molar-refractivity contribution is 7.86. The first-order chi connectivity index (χ1) is 7.41. The molecule has 1 aromatic rings. The Morgan fingerprint density at radius 1 is 1.31 bits per heavy atom. The summed E-state index contributed by atoms with van der Waals surface area (Å²) in [5.41, 5.74) is 0.424. The van der Waals surface area contributed by atoms with E-state index in [4.69, 9.17) is 4.74 Å². The van der Waals surface area contributed by atoms with Crippen molar-refractivity contribution in [2.24, 2.45) is 0 Å². The first-order valence-electron chi connectivity index (χ1n) is 4.96. The summed E-state index contributed by atoms with van der Waals surface area (Å²) in [6, 6.07) is 5.08. The molecule has 0 spiro atoms. The van der Waals surface area contributed by atoms with Gasteiger partial charge >= 0.3 is 0 Å². The fraction of sp³-hybridized carbons (Fsp3) is 0.417. The fourth-order valence-corrected chi connectivity index (χ4v) is 2.57. The predicted octanol–water partition coefficient (Wildman–Crippen LogP) is 2.41. The second-order valence-electron chi connectivity index (χ2n) is 4.38. The molecule has 0 radical (unpaired) electrons. The molecule has 0 heterocycles. The van der Waals surface area contributed by atoms with Crippen LogP contribution in [0.15, 0.2) is 23.1 Å². The third-order valence-corrected chi connectivity index (χ3v) is 4.02. The molecular weight excluding hydrogens is 224 g/mol. The van der Waals surface area contributed by atoms with Crippen molar-refractivity contribution in [2.45, 2.75) is 30.4 Å². The van der Waals surface area contributed by atoms with Gasteiger partial charge in [-0.3, -0.25) is 9.00 Å². The third-order valence-electron chi connectivity index (χ3n) is 2.10. The van der Waals surface area contributed by atoms with Crippen molar-refractivity contribution >= 4 is 17.1 Å². The van der Waals surface area contributed by atoms with Gasteiger partial charge < -0.3 is 4.74 Å². The predicted molar refractivity (Wildman–Crippen MR) is 64.5 cm³/mol. The van der Waals surface area contributed by atoms with Gasteiger partial charge in [0.1, 0.15) is 5.75 Å². The average Bonchev–Trinajstić information content (AvgIpc) is 2.25. The van der Waals surface area contributed by atoms with Gasteiger partial charge in [0, 0.05) is 10.3 Å². The molecular formula is C12H16O3S. The molecule has 0 saturated carbocycles. The largest absolute Gasteiger partial charge is 0.495 e. The van der Waals surface area contributed by atoms with E-state index in [1.54, 1.807) is 18.2 Å². The molecule has 0 N–H and O–H groups in total. The van der Waals surface area contributed by atoms with E-state index in [2.05, 4.69) is 0 Å². The van der Waals surface area contributed by atoms with Crippen LogP contribution in [0.2, 0.25) is 0 Å². The summed E-state index contributed by atoms with van der Waals surface area (Å²) in [5.74, 6) is 0.498. The lowest BCUT2D eigenvalue weighted by Gasteiger charge is -2.20. The molecule has 0 amide bonds. The van der Waals surface area contributed by atoms with Crippen LogP contribution in [0.5, 0.6) is 5.75 Å². The van der Waals surface area contributed by atoms with Crippen LogP contribution in [-0.2, 0) is 10.8 Å². The molecule has 1 unspecified atom stereocenters. The molecule has 0 aliphatic heterocycles. The SMILES string of the molecule is COc1cccc(C=O)c1S(=O)C(C)(C)C. The van der Waals surface area contributed by atoms with Crippen molar-refractivity contribution in [1.82, 2.24) is 0 Å². The van der Waals surface area contributed by atoms with Gasteiger partial charge in [0.25, 0.3) is 0 Å². The van der Waals surface area contributed by atoms with Crippen LogP contribution in [0, 0.1) is 0 Å². The van der Waals surface area contributed by atoms with Gasteiger partial charge in [0.2, 0.25) is 0 Å². The van der Waals surface area contributed by atoms with Gasteiger partial charge in [-0.05, 0) is 26.8 Å². The second kappa shape index (κ2) is 4.78. The van der Waals surface area contributed by atoms with Crippen LogP contribution in [-0.4, -0.2) is 22.4 Å². The van der Waals surface area contributed by atoms with Gasteiger partial charge in [-0.15, -0.1) is 0 Å². The van der Waals surface area contributed by atoms with Crippen molar-refractivity contribution in [1.29, 1.82) is 0 Å². The van der Waals surface area contributed by atoms with Crippen LogP contribution in [0.4, 0.5) is 0 Å². The summed E-state index contributed by atoms with van der Waals surface area (Å²) in [6.07, 6.45) is 0.710. The van der Waals surface area contributed by atoms with E-state index in [0.717, 1.165) is 0 Å². The Kier molecular flexibility index (Phi) is 3.86. The molecule has 0 fully saturated rings. The number of methoxy groups -OCH3 is 1. The molecule has 0 aliphatic rings. The van der Waals surface area contributed by atoms with E-state index in [1.165, 1.54) is 7.11 Å². The molecule has 1 rings (SSSR count). The van der Waals surface area contributed by atoms with Gasteiger partial charge in [0.15, 0.2) is 6.29 Å². The minimum Gasteiger partial charge on any atom is -0.495 e. The number of carbonyl (C=O) groups is 1. The van der Waals surface area contributed by atoms with E-state index in [0.29, 0.717) is 22.5 Å². The Morgan fingerprint density at radius 3 is 2.38 bits per heavy atom. The summed E-state index contributed by atoms with van der Waals surface area (Å²) in [4.78, 5) is 11.4. The van der Waals surface area contributed by atoms with Crippen molar-refractivity contribution in [3.8, 4) is 5.75 Å². The van der Waals surface area contributed by atoms with Crippen molar-refractivity contribution in [3.63, 3.8) is 0 Å². The Hall–Kier alpha value is -1.16. The number of ether oxygens (including phenoxy) is 1. The van der Waals surface area contributed by atoms with Gasteiger partial charge in [-0.1, -0.05) is 12.1 Å². The Labute approximate surface area is 98.3 Å². The van der Waals surface area contributed by atoms with E-state index >= 15 is 0 Å². The highest BCUT2D eigenvalue weighted by atomic mass is 32.2. The minimum atomic E-state index is -1.28. The lowest BCUT2D eigenvalue weighted by Crippen LogP contribution is -2.23. The molecule has 1 atom stereocenters. The number of rotatable bonds is 3. The van der Waals surface area contributed by atoms with Crippen molar-refractivity contribution in [2.75, 3.05) is 7.11 Å². The van der Waals surface area contributed by atoms with Crippen molar-refractivity contribution in [3.05, 3.63) is 23.8 Å². The van der Waals surface area contributed by atoms with Gasteiger partial charge in [-0.25, -0.2) is 0 Å². The number of hydrogen-bond acceptors (Lipinski definition) is 3. The van der Waals surface area contributed by atoms with E-state index < -0.39 is 15.5 Å². The van der Waals surface area contributed by atoms with Gasteiger partial charge in [-0.2, -0.15) is 0 Å². The zero-order valence-corrected chi connectivity index (χ0v) is 10.8. The maximum atomic E-state index is 12.3. The lowest BCUT2D eigenvalue weighted by molar-refractivity contribution is 0.112. The van der Waals surface area contributed by atoms with Crippen LogP contribution < -0.4 is 4.74 Å². The third kappa shape index (κ3) is 2.50. The lowest BCUT2D eigenvalue weighted by atomic mass is 10.2. The maximum absolute atomic E-state index is 12.3. The number of carbonyl (C=O) groups excluding carboxylic acids is 1. The molecule has 3 nitrogen and oxygen atoms in total. The fourth-order valence-electron chi connectivity index (χ4n) is 1.29. The highest BCUT2D eigenvalue weighted by Gasteiger charge is 2.26. The first-order valence-corrected chi connectivity index (χ1v) is 6.11. The minimum absolute atomic E-state index is 0.424. The Morgan fingerprint density at radius 2 is 1.94 bits per heavy atom. The van der Waals surface area contributed by atoms with Crippen molar-refractivity contribution < 1.29 is 13.7 Å². The molecule has 1 aromatic carbocycles. The van der Waals surface area contributed by atoms with Crippen LogP contribution in [0.3, 0.4) is 0 Å². The summed E-state index contributed by atoms with van der Waals surface area (Å²) in [6.45, 7) is 5.60. The monoisotopic (exact) mass is 240 g/mol. The highest BCUT2D eigenvalue weighted by Crippen LogP contribution is 2.30. The Bertz CT molecular complexity index is 419. The molecule has 16 heavy (non-hydrogen) atoms. The molecule has 0 saturated heterocycles. The normalized spacial score (nSPS) is 13.2. The molecule has 0 aromatic heterocycles. The zero-order chi connectivity index (χ0) is 12.3. The standard InChI is InChI=1S/C12H16O3S/c1-12(2,3)16(14)11-9(8-13)6-5-7-10(11)15-4/h5-8H,1-4H3. The van der Waals surface area contributed by atoms with E-state index in [-0.39, 0.29) is 0 Å². The smallest absolute Gasteiger partial charge is 0.151 e.